The zero-order valence-electron chi connectivity index (χ0n) is 13.0. The first kappa shape index (κ1) is 20.6. The minimum atomic E-state index is -0.471. The number of rotatable bonds is 5. The molecule has 0 atom stereocenters. The van der Waals surface area contributed by atoms with E-state index in [0.29, 0.717) is 17.7 Å². The van der Waals surface area contributed by atoms with Gasteiger partial charge in [-0.3, -0.25) is 4.99 Å². The van der Waals surface area contributed by atoms with Crippen molar-refractivity contribution in [3.8, 4) is 0 Å². The molecule has 2 aromatic rings. The topological polar surface area (TPSA) is 49.3 Å². The van der Waals surface area contributed by atoms with Crippen LogP contribution in [0.25, 0.3) is 0 Å². The number of pyridine rings is 1. The maximum absolute atomic E-state index is 13.5. The van der Waals surface area contributed by atoms with Gasteiger partial charge in [-0.1, -0.05) is 17.7 Å². The third-order valence-corrected chi connectivity index (χ3v) is 3.40. The summed E-state index contributed by atoms with van der Waals surface area (Å²) in [6.07, 6.45) is 2.45. The summed E-state index contributed by atoms with van der Waals surface area (Å²) in [7, 11) is 1.61. The van der Waals surface area contributed by atoms with E-state index < -0.39 is 11.6 Å². The molecule has 1 heterocycles. The van der Waals surface area contributed by atoms with E-state index >= 15 is 0 Å². The van der Waals surface area contributed by atoms with Crippen LogP contribution in [0.1, 0.15) is 11.1 Å². The summed E-state index contributed by atoms with van der Waals surface area (Å²) in [4.78, 5) is 8.05. The minimum Gasteiger partial charge on any atom is -0.356 e. The molecule has 0 aliphatic heterocycles. The van der Waals surface area contributed by atoms with Gasteiger partial charge in [-0.2, -0.15) is 0 Å². The summed E-state index contributed by atoms with van der Waals surface area (Å²) in [6, 6.07) is 6.99. The summed E-state index contributed by atoms with van der Waals surface area (Å²) in [6.45, 7) is 0.764. The van der Waals surface area contributed by atoms with E-state index in [9.17, 15) is 8.78 Å². The molecule has 1 aromatic heterocycles. The van der Waals surface area contributed by atoms with Crippen LogP contribution in [0.5, 0.6) is 0 Å². The van der Waals surface area contributed by atoms with E-state index in [2.05, 4.69) is 20.6 Å². The van der Waals surface area contributed by atoms with Crippen molar-refractivity contribution in [3.05, 3.63) is 64.4 Å². The molecule has 0 amide bonds. The number of halogens is 4. The lowest BCUT2D eigenvalue weighted by atomic mass is 10.2. The lowest BCUT2D eigenvalue weighted by molar-refractivity contribution is 0.581. The Morgan fingerprint density at radius 2 is 2.00 bits per heavy atom. The number of nitrogens with one attached hydrogen (secondary N) is 2. The number of nitrogens with zero attached hydrogens (tertiary/aromatic N) is 2. The number of hydrogen-bond donors (Lipinski definition) is 2. The molecule has 0 saturated heterocycles. The van der Waals surface area contributed by atoms with Gasteiger partial charge in [-0.15, -0.1) is 24.0 Å². The average molecular weight is 467 g/mol. The summed E-state index contributed by atoms with van der Waals surface area (Å²) in [5, 5.41) is 6.50. The normalized spacial score (nSPS) is 10.9. The maximum Gasteiger partial charge on any atom is 0.191 e. The predicted octanol–water partition coefficient (Wildman–Crippen LogP) is 3.54. The number of aliphatic imine (C=N–C) groups is 1. The summed E-state index contributed by atoms with van der Waals surface area (Å²) in [5.74, 6) is -0.418. The molecular weight excluding hydrogens is 449 g/mol. The van der Waals surface area contributed by atoms with E-state index in [4.69, 9.17) is 11.6 Å². The summed E-state index contributed by atoms with van der Waals surface area (Å²) < 4.78 is 26.7. The maximum atomic E-state index is 13.5. The van der Waals surface area contributed by atoms with E-state index in [1.165, 1.54) is 0 Å². The van der Waals surface area contributed by atoms with E-state index in [1.54, 1.807) is 19.3 Å². The molecule has 0 fully saturated rings. The van der Waals surface area contributed by atoms with Gasteiger partial charge in [-0.05, 0) is 36.2 Å². The highest BCUT2D eigenvalue weighted by atomic mass is 127. The zero-order valence-corrected chi connectivity index (χ0v) is 16.1. The highest BCUT2D eigenvalue weighted by Gasteiger charge is 2.05. The smallest absolute Gasteiger partial charge is 0.191 e. The lowest BCUT2D eigenvalue weighted by Gasteiger charge is -2.12. The van der Waals surface area contributed by atoms with Crippen molar-refractivity contribution in [2.75, 3.05) is 13.6 Å². The van der Waals surface area contributed by atoms with Crippen LogP contribution in [0.15, 0.2) is 41.5 Å². The van der Waals surface area contributed by atoms with E-state index in [-0.39, 0.29) is 36.1 Å². The van der Waals surface area contributed by atoms with Gasteiger partial charge in [0.1, 0.15) is 16.8 Å². The molecule has 0 radical (unpaired) electrons. The molecule has 2 N–H and O–H groups in total. The minimum absolute atomic E-state index is 0. The monoisotopic (exact) mass is 466 g/mol. The second-order valence-corrected chi connectivity index (χ2v) is 5.21. The average Bonchev–Trinajstić information content (AvgIpc) is 2.55. The Bertz CT molecular complexity index is 680. The third kappa shape index (κ3) is 6.56. The summed E-state index contributed by atoms with van der Waals surface area (Å²) in [5.41, 5.74) is 1.28. The fraction of sp³-hybridized carbons (Fsp3) is 0.250. The third-order valence-electron chi connectivity index (χ3n) is 3.17. The zero-order chi connectivity index (χ0) is 16.7. The van der Waals surface area contributed by atoms with Crippen LogP contribution in [0, 0.1) is 11.6 Å². The first-order valence-corrected chi connectivity index (χ1v) is 7.45. The molecule has 2 rings (SSSR count). The van der Waals surface area contributed by atoms with Crippen LogP contribution < -0.4 is 10.6 Å². The molecule has 0 unspecified atom stereocenters. The standard InChI is InChI=1S/C16H17ClF2N4.HI/c1-20-16(21-7-6-11-2-5-15(17)22-9-11)23-10-12-8-13(18)3-4-14(12)19;/h2-5,8-9H,6-7,10H2,1H3,(H2,20,21,23);1H. The van der Waals surface area contributed by atoms with Crippen molar-refractivity contribution < 1.29 is 8.78 Å². The fourth-order valence-electron chi connectivity index (χ4n) is 1.96. The van der Waals surface area contributed by atoms with Crippen molar-refractivity contribution >= 4 is 41.5 Å². The van der Waals surface area contributed by atoms with Crippen molar-refractivity contribution in [3.63, 3.8) is 0 Å². The Morgan fingerprint density at radius 1 is 1.21 bits per heavy atom. The summed E-state index contributed by atoms with van der Waals surface area (Å²) >= 11 is 5.73. The van der Waals surface area contributed by atoms with Crippen LogP contribution in [0.2, 0.25) is 5.15 Å². The second kappa shape index (κ2) is 10.4. The molecular formula is C16H18ClF2IN4. The highest BCUT2D eigenvalue weighted by molar-refractivity contribution is 14.0. The van der Waals surface area contributed by atoms with Crippen molar-refractivity contribution in [2.24, 2.45) is 4.99 Å². The molecule has 130 valence electrons. The number of guanidine groups is 1. The molecule has 0 spiro atoms. The Balaban J connectivity index is 0.00000288. The number of hydrogen-bond acceptors (Lipinski definition) is 2. The van der Waals surface area contributed by atoms with Gasteiger partial charge in [0.15, 0.2) is 5.96 Å². The van der Waals surface area contributed by atoms with Gasteiger partial charge in [-0.25, -0.2) is 13.8 Å². The molecule has 8 heteroatoms. The molecule has 0 aliphatic carbocycles. The fourth-order valence-corrected chi connectivity index (χ4v) is 2.07. The second-order valence-electron chi connectivity index (χ2n) is 4.83. The van der Waals surface area contributed by atoms with Gasteiger partial charge >= 0.3 is 0 Å². The lowest BCUT2D eigenvalue weighted by Crippen LogP contribution is -2.38. The van der Waals surface area contributed by atoms with Crippen LogP contribution in [-0.2, 0) is 13.0 Å². The Morgan fingerprint density at radius 3 is 2.67 bits per heavy atom. The molecule has 0 bridgehead atoms. The van der Waals surface area contributed by atoms with Gasteiger partial charge in [0.05, 0.1) is 0 Å². The molecule has 24 heavy (non-hydrogen) atoms. The molecule has 4 nitrogen and oxygen atoms in total. The van der Waals surface area contributed by atoms with E-state index in [0.717, 1.165) is 30.2 Å². The number of aromatic nitrogens is 1. The largest absolute Gasteiger partial charge is 0.356 e. The van der Waals surface area contributed by atoms with Crippen LogP contribution in [0.3, 0.4) is 0 Å². The Labute approximate surface area is 161 Å². The SMILES string of the molecule is CN=C(NCCc1ccc(Cl)nc1)NCc1cc(F)ccc1F.I. The molecule has 0 saturated carbocycles. The van der Waals surface area contributed by atoms with Crippen LogP contribution in [0.4, 0.5) is 8.78 Å². The van der Waals surface area contributed by atoms with Gasteiger partial charge in [0.2, 0.25) is 0 Å². The van der Waals surface area contributed by atoms with Gasteiger partial charge in [0, 0.05) is 31.9 Å². The molecule has 1 aromatic carbocycles. The first-order chi connectivity index (χ1) is 11.1. The van der Waals surface area contributed by atoms with Crippen molar-refractivity contribution in [1.29, 1.82) is 0 Å². The van der Waals surface area contributed by atoms with Crippen LogP contribution in [-0.4, -0.2) is 24.5 Å². The molecule has 0 aliphatic rings. The van der Waals surface area contributed by atoms with Crippen molar-refractivity contribution in [2.45, 2.75) is 13.0 Å². The van der Waals surface area contributed by atoms with Crippen LogP contribution >= 0.6 is 35.6 Å². The first-order valence-electron chi connectivity index (χ1n) is 7.07. The van der Waals surface area contributed by atoms with E-state index in [1.807, 2.05) is 6.07 Å². The Kier molecular flexibility index (Phi) is 8.91. The van der Waals surface area contributed by atoms with Gasteiger partial charge < -0.3 is 10.6 Å². The quantitative estimate of drug-likeness (QED) is 0.307. The Hall–Kier alpha value is -1.48. The van der Waals surface area contributed by atoms with Gasteiger partial charge in [0.25, 0.3) is 0 Å². The highest BCUT2D eigenvalue weighted by Crippen LogP contribution is 2.09. The number of benzene rings is 1. The predicted molar refractivity (Wildman–Crippen MR) is 103 cm³/mol. The van der Waals surface area contributed by atoms with Crippen molar-refractivity contribution in [1.82, 2.24) is 15.6 Å².